The Bertz CT molecular complexity index is 1370. The molecule has 4 rings (SSSR count). The van der Waals surface area contributed by atoms with E-state index in [1.54, 1.807) is 13.1 Å². The molecule has 40 heavy (non-hydrogen) atoms. The third kappa shape index (κ3) is 6.79. The fourth-order valence-electron chi connectivity index (χ4n) is 4.18. The molecule has 14 heteroatoms. The highest BCUT2D eigenvalue weighted by Crippen LogP contribution is 2.32. The molecule has 0 saturated carbocycles. The average Bonchev–Trinajstić information content (AvgIpc) is 2.93. The van der Waals surface area contributed by atoms with Gasteiger partial charge in [0.15, 0.2) is 5.75 Å². The van der Waals surface area contributed by atoms with Crippen molar-refractivity contribution >= 4 is 23.4 Å². The van der Waals surface area contributed by atoms with E-state index in [2.05, 4.69) is 30.7 Å². The van der Waals surface area contributed by atoms with Gasteiger partial charge in [-0.25, -0.2) is 23.5 Å². The molecule has 2 amide bonds. The lowest BCUT2D eigenvalue weighted by molar-refractivity contribution is -0.141. The molecule has 0 unspecified atom stereocenters. The lowest BCUT2D eigenvalue weighted by atomic mass is 9.90. The van der Waals surface area contributed by atoms with Crippen molar-refractivity contribution in [1.29, 1.82) is 0 Å². The van der Waals surface area contributed by atoms with Crippen LogP contribution in [0.5, 0.6) is 5.75 Å². The number of likely N-dealkylation sites (tertiary alicyclic amines) is 1. The van der Waals surface area contributed by atoms with Crippen LogP contribution in [0.25, 0.3) is 0 Å². The number of piperidine rings is 1. The highest BCUT2D eigenvalue weighted by Gasteiger charge is 2.33. The number of para-hydroxylation sites is 1. The second kappa shape index (κ2) is 12.2. The minimum absolute atomic E-state index is 0.132. The Morgan fingerprint density at radius 2 is 1.85 bits per heavy atom. The van der Waals surface area contributed by atoms with Crippen LogP contribution in [0.2, 0.25) is 0 Å². The number of pyridine rings is 1. The molecule has 212 valence electrons. The van der Waals surface area contributed by atoms with Crippen molar-refractivity contribution in [2.24, 2.45) is 5.16 Å². The predicted molar refractivity (Wildman–Crippen MR) is 137 cm³/mol. The van der Waals surface area contributed by atoms with E-state index in [1.165, 1.54) is 17.0 Å². The van der Waals surface area contributed by atoms with Gasteiger partial charge < -0.3 is 20.4 Å². The maximum atomic E-state index is 14.0. The number of carbonyl (C=O) groups excluding carboxylic acids is 1. The standard InChI is InChI=1S/C26H26F5N7O2/c1-3-32-24-34-14-18(15(2)37-40-17-7-10-33-21(13-17)26(29,30)31)22(35-24)16-8-11-38(12-9-16)25(39)36-23-19(27)5-4-6-20(23)28/h4-7,10,13-14,16H,3,8-9,11-12H2,1-2H3,(H,36,39)(H,32,34,35)/b37-15+. The molecule has 1 fully saturated rings. The average molecular weight is 564 g/mol. The second-order valence-corrected chi connectivity index (χ2v) is 8.95. The van der Waals surface area contributed by atoms with Crippen LogP contribution in [0.4, 0.5) is 38.4 Å². The van der Waals surface area contributed by atoms with E-state index in [0.29, 0.717) is 42.3 Å². The monoisotopic (exact) mass is 563 g/mol. The summed E-state index contributed by atoms with van der Waals surface area (Å²) in [7, 11) is 0. The number of rotatable bonds is 7. The summed E-state index contributed by atoms with van der Waals surface area (Å²) < 4.78 is 66.8. The van der Waals surface area contributed by atoms with Gasteiger partial charge in [0.2, 0.25) is 5.95 Å². The first-order valence-corrected chi connectivity index (χ1v) is 12.4. The van der Waals surface area contributed by atoms with Crippen LogP contribution in [-0.2, 0) is 6.18 Å². The quantitative estimate of drug-likeness (QED) is 0.214. The fraction of sp³-hybridized carbons (Fsp3) is 0.346. The number of alkyl halides is 3. The summed E-state index contributed by atoms with van der Waals surface area (Å²) in [5, 5.41) is 9.34. The number of nitrogens with zero attached hydrogens (tertiary/aromatic N) is 5. The van der Waals surface area contributed by atoms with Crippen molar-refractivity contribution < 1.29 is 31.6 Å². The van der Waals surface area contributed by atoms with Gasteiger partial charge in [0.1, 0.15) is 23.0 Å². The Kier molecular flexibility index (Phi) is 8.75. The van der Waals surface area contributed by atoms with Gasteiger partial charge >= 0.3 is 12.2 Å². The Balaban J connectivity index is 1.50. The Morgan fingerprint density at radius 1 is 1.15 bits per heavy atom. The fourth-order valence-corrected chi connectivity index (χ4v) is 4.18. The van der Waals surface area contributed by atoms with Crippen LogP contribution in [0, 0.1) is 11.6 Å². The van der Waals surface area contributed by atoms with Gasteiger partial charge in [-0.2, -0.15) is 13.2 Å². The molecular formula is C26H26F5N7O2. The summed E-state index contributed by atoms with van der Waals surface area (Å²) in [6.07, 6.45) is -1.13. The van der Waals surface area contributed by atoms with E-state index in [0.717, 1.165) is 24.4 Å². The van der Waals surface area contributed by atoms with Gasteiger partial charge in [0.05, 0.1) is 11.4 Å². The first-order chi connectivity index (χ1) is 19.1. The van der Waals surface area contributed by atoms with Gasteiger partial charge in [-0.1, -0.05) is 11.2 Å². The summed E-state index contributed by atoms with van der Waals surface area (Å²) in [6, 6.07) is 4.70. The number of carbonyl (C=O) groups is 1. The summed E-state index contributed by atoms with van der Waals surface area (Å²) in [4.78, 5) is 31.6. The molecule has 1 aliphatic heterocycles. The van der Waals surface area contributed by atoms with Crippen molar-refractivity contribution in [2.75, 3.05) is 30.3 Å². The van der Waals surface area contributed by atoms with E-state index >= 15 is 0 Å². The summed E-state index contributed by atoms with van der Waals surface area (Å²) in [5.74, 6) is -1.63. The van der Waals surface area contributed by atoms with Gasteiger partial charge in [-0.3, -0.25) is 4.98 Å². The molecule has 0 radical (unpaired) electrons. The predicted octanol–water partition coefficient (Wildman–Crippen LogP) is 5.81. The number of hydrogen-bond acceptors (Lipinski definition) is 7. The molecule has 3 aromatic rings. The summed E-state index contributed by atoms with van der Waals surface area (Å²) in [5.41, 5.74) is -0.125. The molecule has 0 aliphatic carbocycles. The van der Waals surface area contributed by atoms with Crippen LogP contribution >= 0.6 is 0 Å². The molecule has 0 bridgehead atoms. The topological polar surface area (TPSA) is 105 Å². The normalized spacial score (nSPS) is 14.7. The maximum absolute atomic E-state index is 14.0. The first kappa shape index (κ1) is 28.6. The number of hydrogen-bond donors (Lipinski definition) is 2. The van der Waals surface area contributed by atoms with Crippen molar-refractivity contribution in [1.82, 2.24) is 19.9 Å². The molecule has 2 aromatic heterocycles. The van der Waals surface area contributed by atoms with Gasteiger partial charge in [0.25, 0.3) is 0 Å². The van der Waals surface area contributed by atoms with Crippen LogP contribution in [0.3, 0.4) is 0 Å². The zero-order chi connectivity index (χ0) is 28.9. The van der Waals surface area contributed by atoms with Crippen molar-refractivity contribution in [2.45, 2.75) is 38.8 Å². The molecular weight excluding hydrogens is 537 g/mol. The van der Waals surface area contributed by atoms with Crippen molar-refractivity contribution in [3.8, 4) is 5.75 Å². The third-order valence-corrected chi connectivity index (χ3v) is 6.22. The zero-order valence-corrected chi connectivity index (χ0v) is 21.6. The zero-order valence-electron chi connectivity index (χ0n) is 21.6. The molecule has 9 nitrogen and oxygen atoms in total. The van der Waals surface area contributed by atoms with Gasteiger partial charge in [-0.05, 0) is 38.8 Å². The number of aromatic nitrogens is 3. The van der Waals surface area contributed by atoms with Crippen LogP contribution < -0.4 is 15.5 Å². The molecule has 1 saturated heterocycles. The Labute approximate surface area is 226 Å². The van der Waals surface area contributed by atoms with Crippen LogP contribution in [0.1, 0.15) is 49.6 Å². The minimum atomic E-state index is -4.63. The lowest BCUT2D eigenvalue weighted by Crippen LogP contribution is -2.41. The number of amides is 2. The Hall–Kier alpha value is -4.36. The van der Waals surface area contributed by atoms with Crippen molar-refractivity contribution in [3.63, 3.8) is 0 Å². The largest absolute Gasteiger partial charge is 0.433 e. The van der Waals surface area contributed by atoms with Crippen molar-refractivity contribution in [3.05, 3.63) is 71.3 Å². The van der Waals surface area contributed by atoms with E-state index in [1.807, 2.05) is 6.92 Å². The molecule has 0 spiro atoms. The lowest BCUT2D eigenvalue weighted by Gasteiger charge is -2.32. The maximum Gasteiger partial charge on any atom is 0.433 e. The van der Waals surface area contributed by atoms with E-state index in [-0.39, 0.29) is 24.8 Å². The minimum Gasteiger partial charge on any atom is -0.357 e. The van der Waals surface area contributed by atoms with Crippen LogP contribution in [-0.4, -0.2) is 51.2 Å². The molecule has 2 N–H and O–H groups in total. The number of anilines is 2. The van der Waals surface area contributed by atoms with E-state index in [9.17, 15) is 26.7 Å². The molecule has 1 aliphatic rings. The molecule has 0 atom stereocenters. The summed E-state index contributed by atoms with van der Waals surface area (Å²) >= 11 is 0. The second-order valence-electron chi connectivity index (χ2n) is 8.95. The third-order valence-electron chi connectivity index (χ3n) is 6.22. The SMILES string of the molecule is CCNc1ncc(/C(C)=N/Oc2ccnc(C(F)(F)F)c2)c(C2CCN(C(=O)Nc3c(F)cccc3F)CC2)n1. The number of nitrogens with one attached hydrogen (secondary N) is 2. The van der Waals surface area contributed by atoms with Gasteiger partial charge in [0, 0.05) is 55.6 Å². The van der Waals surface area contributed by atoms with E-state index in [4.69, 9.17) is 4.84 Å². The first-order valence-electron chi connectivity index (χ1n) is 12.4. The molecule has 1 aromatic carbocycles. The van der Waals surface area contributed by atoms with E-state index < -0.39 is 35.2 Å². The van der Waals surface area contributed by atoms with Gasteiger partial charge in [-0.15, -0.1) is 0 Å². The number of benzene rings is 1. The van der Waals surface area contributed by atoms with Crippen LogP contribution in [0.15, 0.2) is 47.9 Å². The summed E-state index contributed by atoms with van der Waals surface area (Å²) in [6.45, 7) is 4.65. The highest BCUT2D eigenvalue weighted by atomic mass is 19.4. The molecule has 3 heterocycles. The number of oxime groups is 1. The highest BCUT2D eigenvalue weighted by molar-refractivity contribution is 5.99. The number of urea groups is 1. The smallest absolute Gasteiger partial charge is 0.357 e. The Morgan fingerprint density at radius 3 is 2.50 bits per heavy atom. The number of halogens is 5.